The fourth-order valence-corrected chi connectivity index (χ4v) is 6.54. The first kappa shape index (κ1) is 19.8. The van der Waals surface area contributed by atoms with Crippen molar-refractivity contribution in [3.05, 3.63) is 83.5 Å². The van der Waals surface area contributed by atoms with Gasteiger partial charge in [0.25, 0.3) is 10.0 Å². The molecule has 4 heterocycles. The Labute approximate surface area is 186 Å². The summed E-state index contributed by atoms with van der Waals surface area (Å²) in [6, 6.07) is 12.8. The molecule has 0 aliphatic carbocycles. The largest absolute Gasteiger partial charge is 0.508 e. The summed E-state index contributed by atoms with van der Waals surface area (Å²) < 4.78 is 32.4. The van der Waals surface area contributed by atoms with Gasteiger partial charge in [-0.25, -0.2) is 8.42 Å². The molecule has 1 aromatic carbocycles. The van der Waals surface area contributed by atoms with E-state index in [9.17, 15) is 13.5 Å². The van der Waals surface area contributed by atoms with Crippen LogP contribution in [0.15, 0.2) is 76.6 Å². The molecule has 0 spiro atoms. The summed E-state index contributed by atoms with van der Waals surface area (Å²) in [6.07, 6.45) is 5.06. The molecule has 0 saturated heterocycles. The molecule has 0 amide bonds. The molecule has 1 aliphatic rings. The summed E-state index contributed by atoms with van der Waals surface area (Å²) in [5, 5.41) is 16.2. The number of hydrogen-bond donors (Lipinski definition) is 2. The molecule has 0 saturated carbocycles. The molecule has 31 heavy (non-hydrogen) atoms. The molecule has 1 unspecified atom stereocenters. The third-order valence-electron chi connectivity index (χ3n) is 4.74. The Morgan fingerprint density at radius 3 is 2.71 bits per heavy atom. The van der Waals surface area contributed by atoms with Gasteiger partial charge in [0.05, 0.1) is 16.6 Å². The van der Waals surface area contributed by atoms with Gasteiger partial charge in [0.1, 0.15) is 15.7 Å². The zero-order valence-electron chi connectivity index (χ0n) is 15.8. The van der Waals surface area contributed by atoms with Crippen LogP contribution in [-0.4, -0.2) is 32.5 Å². The number of rotatable bonds is 5. The van der Waals surface area contributed by atoms with Gasteiger partial charge in [-0.15, -0.1) is 16.4 Å². The first-order chi connectivity index (χ1) is 15.0. The predicted molar refractivity (Wildman–Crippen MR) is 118 cm³/mol. The van der Waals surface area contributed by atoms with Gasteiger partial charge in [0.15, 0.2) is 0 Å². The molecule has 1 aliphatic heterocycles. The number of pyridine rings is 1. The average molecular weight is 470 g/mol. The van der Waals surface area contributed by atoms with E-state index in [2.05, 4.69) is 20.0 Å². The summed E-state index contributed by atoms with van der Waals surface area (Å²) in [6.45, 7) is 0. The second kappa shape index (κ2) is 7.85. The third-order valence-corrected chi connectivity index (χ3v) is 8.51. The van der Waals surface area contributed by atoms with E-state index in [4.69, 9.17) is 0 Å². The number of hydrogen-bond acceptors (Lipinski definition) is 9. The lowest BCUT2D eigenvalue weighted by Crippen LogP contribution is -2.39. The van der Waals surface area contributed by atoms with E-state index >= 15 is 0 Å². The molecule has 4 aromatic rings. The first-order valence-corrected chi connectivity index (χ1v) is 12.2. The topological polar surface area (TPSA) is 108 Å². The number of para-hydroxylation sites is 1. The maximum absolute atomic E-state index is 13.6. The quantitative estimate of drug-likeness (QED) is 0.459. The van der Waals surface area contributed by atoms with E-state index in [0.29, 0.717) is 21.8 Å². The number of aromatic hydroxyl groups is 1. The van der Waals surface area contributed by atoms with E-state index < -0.39 is 16.1 Å². The normalized spacial score (nSPS) is 16.8. The van der Waals surface area contributed by atoms with Crippen LogP contribution in [0.3, 0.4) is 0 Å². The molecule has 3 aromatic heterocycles. The van der Waals surface area contributed by atoms with Crippen LogP contribution < -0.4 is 5.43 Å². The molecule has 2 N–H and O–H groups in total. The van der Waals surface area contributed by atoms with E-state index in [-0.39, 0.29) is 9.96 Å². The Bertz CT molecular complexity index is 1350. The summed E-state index contributed by atoms with van der Waals surface area (Å²) in [5.74, 6) is 0.0126. The summed E-state index contributed by atoms with van der Waals surface area (Å²) in [4.78, 5) is 4.83. The van der Waals surface area contributed by atoms with Gasteiger partial charge in [0, 0.05) is 28.9 Å². The van der Waals surface area contributed by atoms with E-state index in [0.717, 1.165) is 16.9 Å². The number of phenols is 1. The molecular formula is C20H15N5O3S3. The zero-order valence-corrected chi connectivity index (χ0v) is 18.2. The van der Waals surface area contributed by atoms with Crippen molar-refractivity contribution in [2.45, 2.75) is 10.3 Å². The molecular weight excluding hydrogens is 454 g/mol. The van der Waals surface area contributed by atoms with Crippen molar-refractivity contribution >= 4 is 38.6 Å². The van der Waals surface area contributed by atoms with Crippen molar-refractivity contribution in [3.8, 4) is 16.3 Å². The monoisotopic (exact) mass is 469 g/mol. The number of hydrazine groups is 1. The second-order valence-electron chi connectivity index (χ2n) is 6.65. The van der Waals surface area contributed by atoms with Crippen molar-refractivity contribution in [1.82, 2.24) is 24.4 Å². The minimum absolute atomic E-state index is 0.0126. The third kappa shape index (κ3) is 3.61. The van der Waals surface area contributed by atoms with Crippen LogP contribution >= 0.6 is 22.9 Å². The Morgan fingerprint density at radius 1 is 1.10 bits per heavy atom. The van der Waals surface area contributed by atoms with Crippen molar-refractivity contribution in [1.29, 1.82) is 0 Å². The highest BCUT2D eigenvalue weighted by Gasteiger charge is 2.39. The van der Waals surface area contributed by atoms with Crippen LogP contribution in [0.4, 0.5) is 0 Å². The van der Waals surface area contributed by atoms with Crippen molar-refractivity contribution < 1.29 is 13.5 Å². The lowest BCUT2D eigenvalue weighted by Gasteiger charge is -2.24. The maximum Gasteiger partial charge on any atom is 0.270 e. The van der Waals surface area contributed by atoms with Gasteiger partial charge >= 0.3 is 0 Å². The lowest BCUT2D eigenvalue weighted by molar-refractivity contribution is 0.340. The standard InChI is InChI=1S/C20H15N5O3S3/c26-18-6-2-1-5-14(18)17-10-15(13-4-3-9-21-11-13)23-25(17)31(27,28)20-8-7-19(30-20)16-12-29-24-22-16/h1-12,17,23,26H. The van der Waals surface area contributed by atoms with Gasteiger partial charge in [-0.3, -0.25) is 4.98 Å². The van der Waals surface area contributed by atoms with Gasteiger partial charge in [-0.1, -0.05) is 27.1 Å². The highest BCUT2D eigenvalue weighted by Crippen LogP contribution is 2.40. The highest BCUT2D eigenvalue weighted by molar-refractivity contribution is 7.91. The molecule has 156 valence electrons. The second-order valence-corrected chi connectivity index (χ2v) is 10.4. The summed E-state index contributed by atoms with van der Waals surface area (Å²) >= 11 is 2.32. The highest BCUT2D eigenvalue weighted by atomic mass is 32.2. The average Bonchev–Trinajstić information content (AvgIpc) is 3.55. The molecule has 0 radical (unpaired) electrons. The number of thiophene rings is 1. The minimum atomic E-state index is -3.95. The first-order valence-electron chi connectivity index (χ1n) is 9.12. The van der Waals surface area contributed by atoms with Gasteiger partial charge < -0.3 is 10.5 Å². The summed E-state index contributed by atoms with van der Waals surface area (Å²) in [7, 11) is -3.95. The number of sulfonamides is 1. The lowest BCUT2D eigenvalue weighted by atomic mass is 10.1. The summed E-state index contributed by atoms with van der Waals surface area (Å²) in [5.41, 5.74) is 5.43. The van der Waals surface area contributed by atoms with Crippen LogP contribution in [0.2, 0.25) is 0 Å². The molecule has 0 bridgehead atoms. The fraction of sp³-hybridized carbons (Fsp3) is 0.0500. The minimum Gasteiger partial charge on any atom is -0.508 e. The van der Waals surface area contributed by atoms with Crippen molar-refractivity contribution in [3.63, 3.8) is 0 Å². The smallest absolute Gasteiger partial charge is 0.270 e. The SMILES string of the molecule is O=S(=O)(c1ccc(-c2csnn2)s1)N1NC(c2cccnc2)=CC1c1ccccc1O. The molecule has 1 atom stereocenters. The number of nitrogens with one attached hydrogen (secondary N) is 1. The maximum atomic E-state index is 13.6. The van der Waals surface area contributed by atoms with Crippen LogP contribution in [0.25, 0.3) is 16.3 Å². The van der Waals surface area contributed by atoms with E-state index in [1.54, 1.807) is 60.2 Å². The Hall–Kier alpha value is -3.12. The van der Waals surface area contributed by atoms with Gasteiger partial charge in [-0.2, -0.15) is 0 Å². The number of phenolic OH excluding ortho intramolecular Hbond substituents is 1. The van der Waals surface area contributed by atoms with Gasteiger partial charge in [-0.05, 0) is 47.9 Å². The van der Waals surface area contributed by atoms with Gasteiger partial charge in [0.2, 0.25) is 0 Å². The van der Waals surface area contributed by atoms with Crippen LogP contribution in [-0.2, 0) is 10.0 Å². The van der Waals surface area contributed by atoms with Crippen molar-refractivity contribution in [2.75, 3.05) is 0 Å². The molecule has 8 nitrogen and oxygen atoms in total. The van der Waals surface area contributed by atoms with Crippen LogP contribution in [0, 0.1) is 0 Å². The number of aromatic nitrogens is 3. The number of nitrogens with zero attached hydrogens (tertiary/aromatic N) is 4. The van der Waals surface area contributed by atoms with Crippen LogP contribution in [0.1, 0.15) is 17.2 Å². The van der Waals surface area contributed by atoms with E-state index in [1.807, 2.05) is 6.07 Å². The van der Waals surface area contributed by atoms with E-state index in [1.165, 1.54) is 22.0 Å². The zero-order chi connectivity index (χ0) is 21.4. The molecule has 5 rings (SSSR count). The Balaban J connectivity index is 1.57. The van der Waals surface area contributed by atoms with Crippen LogP contribution in [0.5, 0.6) is 5.75 Å². The number of benzene rings is 1. The Kier molecular flexibility index (Phi) is 5.02. The predicted octanol–water partition coefficient (Wildman–Crippen LogP) is 3.66. The van der Waals surface area contributed by atoms with Crippen molar-refractivity contribution in [2.24, 2.45) is 0 Å². The molecule has 0 fully saturated rings. The molecule has 11 heteroatoms. The fourth-order valence-electron chi connectivity index (χ4n) is 3.26. The Morgan fingerprint density at radius 2 is 1.97 bits per heavy atom.